The van der Waals surface area contributed by atoms with Crippen molar-refractivity contribution in [1.29, 1.82) is 0 Å². The molecule has 5 rings (SSSR count). The monoisotopic (exact) mass is 451 g/mol. The Balaban J connectivity index is 1.39. The first-order valence-corrected chi connectivity index (χ1v) is 11.1. The van der Waals surface area contributed by atoms with Gasteiger partial charge in [-0.25, -0.2) is 4.39 Å². The number of aromatic amines is 1. The van der Waals surface area contributed by atoms with Crippen LogP contribution in [0.2, 0.25) is 5.02 Å². The van der Waals surface area contributed by atoms with Crippen molar-refractivity contribution in [2.24, 2.45) is 0 Å². The van der Waals surface area contributed by atoms with Gasteiger partial charge in [0.1, 0.15) is 11.2 Å². The second-order valence-corrected chi connectivity index (χ2v) is 8.54. The fourth-order valence-corrected chi connectivity index (χ4v) is 4.53. The number of pyridine rings is 1. The summed E-state index contributed by atoms with van der Waals surface area (Å²) in [5.41, 5.74) is 2.15. The summed E-state index contributed by atoms with van der Waals surface area (Å²) < 4.78 is 15.8. The van der Waals surface area contributed by atoms with E-state index in [9.17, 15) is 9.18 Å². The van der Waals surface area contributed by atoms with Crippen molar-refractivity contribution in [2.45, 2.75) is 37.8 Å². The Bertz CT molecular complexity index is 1290. The Labute approximate surface area is 189 Å². The van der Waals surface area contributed by atoms with Gasteiger partial charge in [-0.15, -0.1) is 0 Å². The molecule has 3 N–H and O–H groups in total. The SMILES string of the molecule is O=c1[nH]ccc2c1c(Nc1ccc(Cl)c(F)c1)nn2C1CCC(Nc2ccccc2)CC1. The fourth-order valence-electron chi connectivity index (χ4n) is 4.41. The maximum atomic E-state index is 13.9. The highest BCUT2D eigenvalue weighted by Crippen LogP contribution is 2.34. The number of aromatic nitrogens is 3. The van der Waals surface area contributed by atoms with Crippen LogP contribution in [0.5, 0.6) is 0 Å². The van der Waals surface area contributed by atoms with Gasteiger partial charge >= 0.3 is 0 Å². The van der Waals surface area contributed by atoms with E-state index in [2.05, 4.69) is 27.8 Å². The molecule has 8 heteroatoms. The smallest absolute Gasteiger partial charge is 0.261 e. The van der Waals surface area contributed by atoms with Crippen LogP contribution in [-0.4, -0.2) is 20.8 Å². The molecule has 1 aliphatic carbocycles. The van der Waals surface area contributed by atoms with E-state index in [-0.39, 0.29) is 16.6 Å². The van der Waals surface area contributed by atoms with E-state index in [1.807, 2.05) is 28.9 Å². The molecule has 4 aromatic rings. The van der Waals surface area contributed by atoms with Gasteiger partial charge in [0.25, 0.3) is 5.56 Å². The number of fused-ring (bicyclic) bond motifs is 1. The van der Waals surface area contributed by atoms with Crippen molar-refractivity contribution in [3.05, 3.63) is 82.0 Å². The van der Waals surface area contributed by atoms with Gasteiger partial charge < -0.3 is 15.6 Å². The van der Waals surface area contributed by atoms with Gasteiger partial charge in [0, 0.05) is 23.6 Å². The predicted molar refractivity (Wildman–Crippen MR) is 126 cm³/mol. The average Bonchev–Trinajstić information content (AvgIpc) is 3.17. The molecule has 0 amide bonds. The van der Waals surface area contributed by atoms with Gasteiger partial charge in [0.15, 0.2) is 5.82 Å². The number of H-pyrrole nitrogens is 1. The largest absolute Gasteiger partial charge is 0.382 e. The van der Waals surface area contributed by atoms with Crippen molar-refractivity contribution in [1.82, 2.24) is 14.8 Å². The van der Waals surface area contributed by atoms with Crippen LogP contribution in [0.1, 0.15) is 31.7 Å². The highest BCUT2D eigenvalue weighted by atomic mass is 35.5. The highest BCUT2D eigenvalue weighted by Gasteiger charge is 2.26. The second kappa shape index (κ2) is 8.67. The van der Waals surface area contributed by atoms with E-state index >= 15 is 0 Å². The maximum absolute atomic E-state index is 13.9. The molecule has 0 bridgehead atoms. The van der Waals surface area contributed by atoms with Gasteiger partial charge in [-0.2, -0.15) is 5.10 Å². The molecule has 6 nitrogen and oxygen atoms in total. The van der Waals surface area contributed by atoms with Crippen LogP contribution < -0.4 is 16.2 Å². The van der Waals surface area contributed by atoms with E-state index in [1.165, 1.54) is 12.1 Å². The number of rotatable bonds is 5. The van der Waals surface area contributed by atoms with Crippen LogP contribution >= 0.6 is 11.6 Å². The summed E-state index contributed by atoms with van der Waals surface area (Å²) in [5, 5.41) is 11.9. The number of benzene rings is 2. The first kappa shape index (κ1) is 20.6. The zero-order chi connectivity index (χ0) is 22.1. The third kappa shape index (κ3) is 4.08. The Hall–Kier alpha value is -3.32. The first-order valence-electron chi connectivity index (χ1n) is 10.7. The molecule has 2 aromatic carbocycles. The summed E-state index contributed by atoms with van der Waals surface area (Å²) in [6.45, 7) is 0. The van der Waals surface area contributed by atoms with Crippen molar-refractivity contribution < 1.29 is 4.39 Å². The normalized spacial score (nSPS) is 18.6. The molecule has 0 radical (unpaired) electrons. The molecule has 2 aromatic heterocycles. The van der Waals surface area contributed by atoms with Crippen LogP contribution in [-0.2, 0) is 0 Å². The number of nitrogens with zero attached hydrogens (tertiary/aromatic N) is 2. The van der Waals surface area contributed by atoms with E-state index in [0.29, 0.717) is 22.9 Å². The molecule has 1 fully saturated rings. The molecule has 1 aliphatic rings. The lowest BCUT2D eigenvalue weighted by Gasteiger charge is -2.30. The van der Waals surface area contributed by atoms with Crippen LogP contribution in [0.4, 0.5) is 21.6 Å². The molecule has 0 atom stereocenters. The van der Waals surface area contributed by atoms with Gasteiger partial charge in [0.05, 0.1) is 16.6 Å². The number of halogens is 2. The summed E-state index contributed by atoms with van der Waals surface area (Å²) in [6.07, 6.45) is 5.55. The molecular weight excluding hydrogens is 429 g/mol. The third-order valence-electron chi connectivity index (χ3n) is 6.00. The highest BCUT2D eigenvalue weighted by molar-refractivity contribution is 6.30. The van der Waals surface area contributed by atoms with Gasteiger partial charge in [-0.1, -0.05) is 29.8 Å². The van der Waals surface area contributed by atoms with Crippen molar-refractivity contribution >= 4 is 39.7 Å². The molecule has 2 heterocycles. The number of nitrogens with one attached hydrogen (secondary N) is 3. The standard InChI is InChI=1S/C24H23ClFN5O/c25-19-11-8-17(14-20(19)26)29-23-22-21(12-13-27-24(22)32)31(30-23)18-9-6-16(7-10-18)28-15-4-2-1-3-5-15/h1-5,8,11-14,16,18,28H,6-7,9-10H2,(H,27,32)(H,29,30). The summed E-state index contributed by atoms with van der Waals surface area (Å²) >= 11 is 5.79. The second-order valence-electron chi connectivity index (χ2n) is 8.13. The number of hydrogen-bond acceptors (Lipinski definition) is 4. The number of para-hydroxylation sites is 1. The van der Waals surface area contributed by atoms with E-state index in [0.717, 1.165) is 36.9 Å². The fraction of sp³-hybridized carbons (Fsp3) is 0.250. The average molecular weight is 452 g/mol. The Kier molecular flexibility index (Phi) is 5.57. The van der Waals surface area contributed by atoms with Crippen molar-refractivity contribution in [2.75, 3.05) is 10.6 Å². The topological polar surface area (TPSA) is 74.7 Å². The minimum Gasteiger partial charge on any atom is -0.382 e. The summed E-state index contributed by atoms with van der Waals surface area (Å²) in [6, 6.07) is 17.1. The third-order valence-corrected chi connectivity index (χ3v) is 6.31. The van der Waals surface area contributed by atoms with Crippen molar-refractivity contribution in [3.8, 4) is 0 Å². The number of hydrogen-bond donors (Lipinski definition) is 3. The van der Waals surface area contributed by atoms with Crippen LogP contribution in [0.15, 0.2) is 65.6 Å². The van der Waals surface area contributed by atoms with E-state index < -0.39 is 5.82 Å². The van der Waals surface area contributed by atoms with Crippen LogP contribution in [0, 0.1) is 5.82 Å². The minimum atomic E-state index is -0.529. The van der Waals surface area contributed by atoms with E-state index in [4.69, 9.17) is 16.7 Å². The Morgan fingerprint density at radius 2 is 1.81 bits per heavy atom. The Morgan fingerprint density at radius 3 is 2.56 bits per heavy atom. The molecule has 0 saturated heterocycles. The molecule has 0 spiro atoms. The lowest BCUT2D eigenvalue weighted by atomic mass is 9.91. The summed E-state index contributed by atoms with van der Waals surface area (Å²) in [4.78, 5) is 15.3. The number of anilines is 3. The lowest BCUT2D eigenvalue weighted by Crippen LogP contribution is -2.27. The Morgan fingerprint density at radius 1 is 1.03 bits per heavy atom. The molecule has 0 unspecified atom stereocenters. The molecule has 0 aliphatic heterocycles. The van der Waals surface area contributed by atoms with E-state index in [1.54, 1.807) is 12.3 Å². The first-order chi connectivity index (χ1) is 15.6. The quantitative estimate of drug-likeness (QED) is 0.355. The van der Waals surface area contributed by atoms with Crippen LogP contribution in [0.25, 0.3) is 10.9 Å². The molecular formula is C24H23ClFN5O. The van der Waals surface area contributed by atoms with Gasteiger partial charge in [-0.05, 0) is 62.1 Å². The molecule has 164 valence electrons. The molecule has 1 saturated carbocycles. The molecule has 32 heavy (non-hydrogen) atoms. The zero-order valence-corrected chi connectivity index (χ0v) is 18.1. The maximum Gasteiger partial charge on any atom is 0.261 e. The lowest BCUT2D eigenvalue weighted by molar-refractivity contribution is 0.321. The summed E-state index contributed by atoms with van der Waals surface area (Å²) in [5.74, 6) is -0.119. The van der Waals surface area contributed by atoms with Gasteiger partial charge in [-0.3, -0.25) is 9.48 Å². The summed E-state index contributed by atoms with van der Waals surface area (Å²) in [7, 11) is 0. The minimum absolute atomic E-state index is 0.0460. The van der Waals surface area contributed by atoms with Crippen LogP contribution in [0.3, 0.4) is 0 Å². The van der Waals surface area contributed by atoms with Gasteiger partial charge in [0.2, 0.25) is 0 Å². The zero-order valence-electron chi connectivity index (χ0n) is 17.3. The van der Waals surface area contributed by atoms with Crippen molar-refractivity contribution in [3.63, 3.8) is 0 Å². The predicted octanol–water partition coefficient (Wildman–Crippen LogP) is 5.86.